The Morgan fingerprint density at radius 1 is 1.07 bits per heavy atom. The van der Waals surface area contributed by atoms with Gasteiger partial charge in [-0.3, -0.25) is 9.69 Å². The minimum Gasteiger partial charge on any atom is -0.340 e. The number of piperazine rings is 1. The van der Waals surface area contributed by atoms with E-state index in [1.54, 1.807) is 0 Å². The summed E-state index contributed by atoms with van der Waals surface area (Å²) in [5.41, 5.74) is 2.35. The number of benzene rings is 2. The van der Waals surface area contributed by atoms with Gasteiger partial charge in [-0.05, 0) is 43.4 Å². The molecule has 2 N–H and O–H groups in total. The van der Waals surface area contributed by atoms with Crippen molar-refractivity contribution in [3.8, 4) is 0 Å². The number of anilines is 3. The van der Waals surface area contributed by atoms with Crippen LogP contribution in [0.5, 0.6) is 0 Å². The standard InChI is InChI=1S/C21H23ClN6O/c1-27-7-9-28(10-8-27)13-20(29)25-17-5-6-19-18(12-17)21(24-14-23-19)26-16-4-2-3-15(22)11-16/h2-6,11-12,14H,7-10,13H2,1H3,(H,25,29)(H,23,24,26). The molecule has 7 nitrogen and oxygen atoms in total. The smallest absolute Gasteiger partial charge is 0.238 e. The lowest BCUT2D eigenvalue weighted by Crippen LogP contribution is -2.47. The van der Waals surface area contributed by atoms with E-state index in [4.69, 9.17) is 11.6 Å². The molecule has 150 valence electrons. The molecule has 2 aromatic carbocycles. The van der Waals surface area contributed by atoms with Gasteiger partial charge in [0.25, 0.3) is 0 Å². The number of amides is 1. The summed E-state index contributed by atoms with van der Waals surface area (Å²) < 4.78 is 0. The summed E-state index contributed by atoms with van der Waals surface area (Å²) in [7, 11) is 2.10. The van der Waals surface area contributed by atoms with E-state index in [0.29, 0.717) is 17.4 Å². The molecule has 1 amide bonds. The molecule has 4 rings (SSSR count). The van der Waals surface area contributed by atoms with Gasteiger partial charge in [0.15, 0.2) is 0 Å². The van der Waals surface area contributed by atoms with Crippen molar-refractivity contribution in [2.45, 2.75) is 0 Å². The van der Waals surface area contributed by atoms with Gasteiger partial charge in [0.05, 0.1) is 12.1 Å². The third-order valence-corrected chi connectivity index (χ3v) is 5.20. The van der Waals surface area contributed by atoms with E-state index >= 15 is 0 Å². The van der Waals surface area contributed by atoms with Gasteiger partial charge < -0.3 is 15.5 Å². The zero-order valence-corrected chi connectivity index (χ0v) is 17.0. The Morgan fingerprint density at radius 3 is 2.69 bits per heavy atom. The normalized spacial score (nSPS) is 15.4. The topological polar surface area (TPSA) is 73.4 Å². The maximum Gasteiger partial charge on any atom is 0.238 e. The molecule has 0 spiro atoms. The van der Waals surface area contributed by atoms with Crippen LogP contribution >= 0.6 is 11.6 Å². The largest absolute Gasteiger partial charge is 0.340 e. The van der Waals surface area contributed by atoms with Gasteiger partial charge in [-0.25, -0.2) is 9.97 Å². The zero-order valence-electron chi connectivity index (χ0n) is 16.2. The lowest BCUT2D eigenvalue weighted by Gasteiger charge is -2.31. The Labute approximate surface area is 174 Å². The number of hydrogen-bond acceptors (Lipinski definition) is 6. The van der Waals surface area contributed by atoms with Crippen LogP contribution in [0.3, 0.4) is 0 Å². The van der Waals surface area contributed by atoms with E-state index in [-0.39, 0.29) is 5.91 Å². The minimum atomic E-state index is -0.0184. The highest BCUT2D eigenvalue weighted by Gasteiger charge is 2.16. The summed E-state index contributed by atoms with van der Waals surface area (Å²) in [4.78, 5) is 25.6. The number of nitrogens with zero attached hydrogens (tertiary/aromatic N) is 4. The maximum absolute atomic E-state index is 12.5. The molecule has 0 aliphatic carbocycles. The molecule has 1 saturated heterocycles. The summed E-state index contributed by atoms with van der Waals surface area (Å²) in [6, 6.07) is 13.1. The molecule has 1 aromatic heterocycles. The molecule has 29 heavy (non-hydrogen) atoms. The van der Waals surface area contributed by atoms with Crippen molar-refractivity contribution in [1.82, 2.24) is 19.8 Å². The SMILES string of the molecule is CN1CCN(CC(=O)Nc2ccc3ncnc(Nc4cccc(Cl)c4)c3c2)CC1. The summed E-state index contributed by atoms with van der Waals surface area (Å²) in [5.74, 6) is 0.641. The Kier molecular flexibility index (Phi) is 5.89. The van der Waals surface area contributed by atoms with Crippen LogP contribution in [0.1, 0.15) is 0 Å². The number of likely N-dealkylation sites (N-methyl/N-ethyl adjacent to an activating group) is 1. The van der Waals surface area contributed by atoms with Crippen LogP contribution in [0.15, 0.2) is 48.8 Å². The molecule has 0 atom stereocenters. The molecule has 2 heterocycles. The van der Waals surface area contributed by atoms with Crippen LogP contribution in [-0.2, 0) is 4.79 Å². The van der Waals surface area contributed by atoms with Crippen molar-refractivity contribution >= 4 is 45.6 Å². The molecule has 0 saturated carbocycles. The third kappa shape index (κ3) is 5.00. The Bertz CT molecular complexity index is 1020. The number of carbonyl (C=O) groups is 1. The van der Waals surface area contributed by atoms with Crippen molar-refractivity contribution in [2.75, 3.05) is 50.4 Å². The summed E-state index contributed by atoms with van der Waals surface area (Å²) >= 11 is 6.07. The third-order valence-electron chi connectivity index (χ3n) is 4.97. The van der Waals surface area contributed by atoms with E-state index in [1.807, 2.05) is 42.5 Å². The van der Waals surface area contributed by atoms with Crippen LogP contribution in [0.4, 0.5) is 17.2 Å². The summed E-state index contributed by atoms with van der Waals surface area (Å²) in [5, 5.41) is 7.74. The number of hydrogen-bond donors (Lipinski definition) is 2. The first-order valence-electron chi connectivity index (χ1n) is 9.55. The second-order valence-electron chi connectivity index (χ2n) is 7.22. The number of carbonyl (C=O) groups excluding carboxylic acids is 1. The van der Waals surface area contributed by atoms with Crippen LogP contribution in [0.2, 0.25) is 5.02 Å². The van der Waals surface area contributed by atoms with Gasteiger partial charge in [-0.15, -0.1) is 0 Å². The number of nitrogens with one attached hydrogen (secondary N) is 2. The first-order valence-corrected chi connectivity index (χ1v) is 9.93. The minimum absolute atomic E-state index is 0.0184. The van der Waals surface area contributed by atoms with Gasteiger partial charge in [0.1, 0.15) is 12.1 Å². The average Bonchev–Trinajstić information content (AvgIpc) is 2.70. The Balaban J connectivity index is 1.50. The molecule has 1 fully saturated rings. The van der Waals surface area contributed by atoms with E-state index in [1.165, 1.54) is 6.33 Å². The predicted octanol–water partition coefficient (Wildman–Crippen LogP) is 3.21. The van der Waals surface area contributed by atoms with Gasteiger partial charge in [0, 0.05) is 48.0 Å². The average molecular weight is 411 g/mol. The lowest BCUT2D eigenvalue weighted by atomic mass is 10.2. The van der Waals surface area contributed by atoms with Crippen LogP contribution < -0.4 is 10.6 Å². The molecule has 0 bridgehead atoms. The quantitative estimate of drug-likeness (QED) is 0.672. The fraction of sp³-hybridized carbons (Fsp3) is 0.286. The molecule has 8 heteroatoms. The summed E-state index contributed by atoms with van der Waals surface area (Å²) in [6.07, 6.45) is 1.51. The number of rotatable bonds is 5. The second-order valence-corrected chi connectivity index (χ2v) is 7.65. The maximum atomic E-state index is 12.5. The Hall–Kier alpha value is -2.74. The number of halogens is 1. The van der Waals surface area contributed by atoms with Crippen molar-refractivity contribution in [1.29, 1.82) is 0 Å². The van der Waals surface area contributed by atoms with Gasteiger partial charge in [-0.1, -0.05) is 17.7 Å². The van der Waals surface area contributed by atoms with Crippen molar-refractivity contribution in [3.63, 3.8) is 0 Å². The zero-order chi connectivity index (χ0) is 20.2. The molecular weight excluding hydrogens is 388 g/mol. The highest BCUT2D eigenvalue weighted by Crippen LogP contribution is 2.26. The molecule has 1 aliphatic heterocycles. The lowest BCUT2D eigenvalue weighted by molar-refractivity contribution is -0.117. The summed E-state index contributed by atoms with van der Waals surface area (Å²) in [6.45, 7) is 4.18. The van der Waals surface area contributed by atoms with Crippen molar-refractivity contribution in [2.24, 2.45) is 0 Å². The van der Waals surface area contributed by atoms with E-state index in [2.05, 4.69) is 37.4 Å². The molecule has 3 aromatic rings. The highest BCUT2D eigenvalue weighted by atomic mass is 35.5. The molecular formula is C21H23ClN6O. The van der Waals surface area contributed by atoms with E-state index in [9.17, 15) is 4.79 Å². The fourth-order valence-electron chi connectivity index (χ4n) is 3.35. The fourth-order valence-corrected chi connectivity index (χ4v) is 3.54. The van der Waals surface area contributed by atoms with E-state index < -0.39 is 0 Å². The number of fused-ring (bicyclic) bond motifs is 1. The predicted molar refractivity (Wildman–Crippen MR) is 117 cm³/mol. The Morgan fingerprint density at radius 2 is 1.90 bits per heavy atom. The molecule has 0 unspecified atom stereocenters. The highest BCUT2D eigenvalue weighted by molar-refractivity contribution is 6.30. The number of aromatic nitrogens is 2. The van der Waals surface area contributed by atoms with E-state index in [0.717, 1.165) is 48.5 Å². The monoisotopic (exact) mass is 410 g/mol. The second kappa shape index (κ2) is 8.73. The van der Waals surface area contributed by atoms with Crippen LogP contribution in [0, 0.1) is 0 Å². The first kappa shape index (κ1) is 19.6. The van der Waals surface area contributed by atoms with Gasteiger partial charge in [0.2, 0.25) is 5.91 Å². The van der Waals surface area contributed by atoms with Crippen molar-refractivity contribution in [3.05, 3.63) is 53.8 Å². The molecule has 1 aliphatic rings. The van der Waals surface area contributed by atoms with Gasteiger partial charge in [-0.2, -0.15) is 0 Å². The van der Waals surface area contributed by atoms with Crippen LogP contribution in [-0.4, -0.2) is 65.4 Å². The molecule has 0 radical (unpaired) electrons. The van der Waals surface area contributed by atoms with Crippen molar-refractivity contribution < 1.29 is 4.79 Å². The van der Waals surface area contributed by atoms with Gasteiger partial charge >= 0.3 is 0 Å². The first-order chi connectivity index (χ1) is 14.1. The van der Waals surface area contributed by atoms with Crippen LogP contribution in [0.25, 0.3) is 10.9 Å².